The van der Waals surface area contributed by atoms with E-state index in [0.29, 0.717) is 11.4 Å². The quantitative estimate of drug-likeness (QED) is 0.830. The molecule has 0 radical (unpaired) electrons. The third kappa shape index (κ3) is 3.05. The predicted octanol–water partition coefficient (Wildman–Crippen LogP) is 1.30. The monoisotopic (exact) mass is 288 g/mol. The van der Waals surface area contributed by atoms with Crippen molar-refractivity contribution in [2.24, 2.45) is 0 Å². The first-order valence-electron chi connectivity index (χ1n) is 6.66. The van der Waals surface area contributed by atoms with Crippen molar-refractivity contribution in [2.45, 2.75) is 19.4 Å². The number of nitrogen functional groups attached to an aromatic ring is 1. The van der Waals surface area contributed by atoms with Crippen LogP contribution < -0.4 is 5.73 Å². The molecular formula is C15H20N4O2. The molecule has 1 aromatic heterocycles. The van der Waals surface area contributed by atoms with E-state index in [1.807, 2.05) is 12.1 Å². The number of aliphatic hydroxyl groups excluding tert-OH is 1. The highest BCUT2D eigenvalue weighted by atomic mass is 16.3. The second-order valence-corrected chi connectivity index (χ2v) is 5.57. The smallest absolute Gasteiger partial charge is 0.274 e. The number of hydrogen-bond acceptors (Lipinski definition) is 4. The zero-order chi connectivity index (χ0) is 15.6. The predicted molar refractivity (Wildman–Crippen MR) is 81.2 cm³/mol. The number of nitrogens with two attached hydrogens (primary N) is 1. The minimum Gasteiger partial charge on any atom is -0.399 e. The second kappa shape index (κ2) is 5.57. The first-order valence-corrected chi connectivity index (χ1v) is 6.66. The maximum Gasteiger partial charge on any atom is 0.274 e. The van der Waals surface area contributed by atoms with Crippen LogP contribution in [0, 0.1) is 0 Å². The van der Waals surface area contributed by atoms with Gasteiger partial charge in [-0.25, -0.2) is 4.68 Å². The van der Waals surface area contributed by atoms with Crippen LogP contribution in [0.25, 0.3) is 5.69 Å². The highest BCUT2D eigenvalue weighted by molar-refractivity contribution is 5.92. The number of benzene rings is 1. The third-order valence-electron chi connectivity index (χ3n) is 3.57. The van der Waals surface area contributed by atoms with Gasteiger partial charge >= 0.3 is 0 Å². The molecule has 2 aromatic rings. The van der Waals surface area contributed by atoms with E-state index in [2.05, 4.69) is 5.10 Å². The molecule has 0 aliphatic rings. The van der Waals surface area contributed by atoms with Gasteiger partial charge in [-0.3, -0.25) is 4.79 Å². The van der Waals surface area contributed by atoms with Crippen molar-refractivity contribution < 1.29 is 9.90 Å². The first kappa shape index (κ1) is 15.1. The summed E-state index contributed by atoms with van der Waals surface area (Å²) >= 11 is 0. The van der Waals surface area contributed by atoms with Crippen LogP contribution in [0.15, 0.2) is 36.5 Å². The molecule has 1 amide bonds. The lowest BCUT2D eigenvalue weighted by Gasteiger charge is -2.33. The largest absolute Gasteiger partial charge is 0.399 e. The number of nitrogens with zero attached hydrogens (tertiary/aromatic N) is 3. The van der Waals surface area contributed by atoms with E-state index in [1.54, 1.807) is 50.0 Å². The summed E-state index contributed by atoms with van der Waals surface area (Å²) in [5.41, 5.74) is 6.84. The molecule has 1 aromatic carbocycles. The Bertz CT molecular complexity index is 631. The molecule has 0 bridgehead atoms. The Labute approximate surface area is 123 Å². The number of anilines is 1. The highest BCUT2D eigenvalue weighted by Gasteiger charge is 2.28. The molecule has 0 saturated heterocycles. The summed E-state index contributed by atoms with van der Waals surface area (Å²) < 4.78 is 1.62. The molecule has 0 unspecified atom stereocenters. The van der Waals surface area contributed by atoms with Crippen molar-refractivity contribution in [3.63, 3.8) is 0 Å². The molecule has 6 nitrogen and oxygen atoms in total. The van der Waals surface area contributed by atoms with Gasteiger partial charge in [0.15, 0.2) is 5.69 Å². The lowest BCUT2D eigenvalue weighted by atomic mass is 10.0. The van der Waals surface area contributed by atoms with Crippen molar-refractivity contribution in [3.8, 4) is 5.69 Å². The number of likely N-dealkylation sites (N-methyl/N-ethyl adjacent to an activating group) is 1. The average molecular weight is 288 g/mol. The number of aliphatic hydroxyl groups is 1. The molecule has 6 heteroatoms. The summed E-state index contributed by atoms with van der Waals surface area (Å²) in [5.74, 6) is -0.233. The molecule has 0 aliphatic heterocycles. The fourth-order valence-electron chi connectivity index (χ4n) is 1.76. The lowest BCUT2D eigenvalue weighted by Crippen LogP contribution is -2.47. The zero-order valence-electron chi connectivity index (χ0n) is 12.4. The van der Waals surface area contributed by atoms with E-state index in [4.69, 9.17) is 5.73 Å². The Morgan fingerprint density at radius 3 is 2.52 bits per heavy atom. The fraction of sp³-hybridized carbons (Fsp3) is 0.333. The van der Waals surface area contributed by atoms with Gasteiger partial charge in [-0.2, -0.15) is 5.10 Å². The van der Waals surface area contributed by atoms with E-state index < -0.39 is 5.54 Å². The summed E-state index contributed by atoms with van der Waals surface area (Å²) in [6, 6.07) is 8.87. The van der Waals surface area contributed by atoms with Gasteiger partial charge in [0.2, 0.25) is 0 Å². The Morgan fingerprint density at radius 2 is 1.95 bits per heavy atom. The average Bonchev–Trinajstić information content (AvgIpc) is 2.96. The Kier molecular flexibility index (Phi) is 3.99. The van der Waals surface area contributed by atoms with E-state index in [0.717, 1.165) is 5.69 Å². The minimum atomic E-state index is -0.637. The second-order valence-electron chi connectivity index (χ2n) is 5.57. The molecule has 3 N–H and O–H groups in total. The maximum atomic E-state index is 12.4. The van der Waals surface area contributed by atoms with Crippen LogP contribution in [0.2, 0.25) is 0 Å². The van der Waals surface area contributed by atoms with Crippen molar-refractivity contribution in [1.82, 2.24) is 14.7 Å². The number of aromatic nitrogens is 2. The minimum absolute atomic E-state index is 0.117. The molecule has 0 spiro atoms. The Balaban J connectivity index is 2.24. The fourth-order valence-corrected chi connectivity index (χ4v) is 1.76. The van der Waals surface area contributed by atoms with Crippen LogP contribution in [0.1, 0.15) is 24.3 Å². The molecule has 0 aliphatic carbocycles. The molecule has 0 fully saturated rings. The molecule has 1 heterocycles. The van der Waals surface area contributed by atoms with Gasteiger partial charge < -0.3 is 15.7 Å². The van der Waals surface area contributed by atoms with Gasteiger partial charge in [-0.1, -0.05) is 0 Å². The van der Waals surface area contributed by atoms with Crippen LogP contribution in [-0.2, 0) is 0 Å². The maximum absolute atomic E-state index is 12.4. The summed E-state index contributed by atoms with van der Waals surface area (Å²) in [6.45, 7) is 3.47. The summed E-state index contributed by atoms with van der Waals surface area (Å²) in [4.78, 5) is 13.9. The Hall–Kier alpha value is -2.34. The SMILES string of the molecule is CN(C(=O)c1ccn(-c2ccc(N)cc2)n1)C(C)(C)CO. The Morgan fingerprint density at radius 1 is 1.33 bits per heavy atom. The van der Waals surface area contributed by atoms with Gasteiger partial charge in [-0.05, 0) is 44.2 Å². The number of hydrogen-bond donors (Lipinski definition) is 2. The topological polar surface area (TPSA) is 84.4 Å². The van der Waals surface area contributed by atoms with Gasteiger partial charge in [0.25, 0.3) is 5.91 Å². The van der Waals surface area contributed by atoms with E-state index in [-0.39, 0.29) is 12.5 Å². The van der Waals surface area contributed by atoms with Gasteiger partial charge in [0.1, 0.15) is 0 Å². The number of carbonyl (C=O) groups excluding carboxylic acids is 1. The number of amides is 1. The van der Waals surface area contributed by atoms with Crippen molar-refractivity contribution in [1.29, 1.82) is 0 Å². The lowest BCUT2D eigenvalue weighted by molar-refractivity contribution is 0.0467. The molecule has 0 atom stereocenters. The summed E-state index contributed by atoms with van der Waals surface area (Å²) in [7, 11) is 1.65. The van der Waals surface area contributed by atoms with Crippen molar-refractivity contribution >= 4 is 11.6 Å². The number of rotatable bonds is 4. The van der Waals surface area contributed by atoms with E-state index in [1.165, 1.54) is 4.90 Å². The van der Waals surface area contributed by atoms with Crippen LogP contribution in [0.5, 0.6) is 0 Å². The third-order valence-corrected chi connectivity index (χ3v) is 3.57. The first-order chi connectivity index (χ1) is 9.85. The molecule has 2 rings (SSSR count). The van der Waals surface area contributed by atoms with Crippen LogP contribution >= 0.6 is 0 Å². The van der Waals surface area contributed by atoms with Gasteiger partial charge in [0, 0.05) is 18.9 Å². The van der Waals surface area contributed by atoms with E-state index in [9.17, 15) is 9.90 Å². The molecule has 112 valence electrons. The van der Waals surface area contributed by atoms with Crippen molar-refractivity contribution in [2.75, 3.05) is 19.4 Å². The van der Waals surface area contributed by atoms with E-state index >= 15 is 0 Å². The van der Waals surface area contributed by atoms with Gasteiger partial charge in [-0.15, -0.1) is 0 Å². The van der Waals surface area contributed by atoms with Crippen LogP contribution in [0.3, 0.4) is 0 Å². The normalized spacial score (nSPS) is 11.4. The standard InChI is InChI=1S/C15H20N4O2/c1-15(2,10-20)18(3)14(21)13-8-9-19(17-13)12-6-4-11(16)5-7-12/h4-9,20H,10,16H2,1-3H3. The zero-order valence-corrected chi connectivity index (χ0v) is 12.4. The molecular weight excluding hydrogens is 268 g/mol. The summed E-state index contributed by atoms with van der Waals surface area (Å²) in [6.07, 6.45) is 1.72. The molecule has 21 heavy (non-hydrogen) atoms. The summed E-state index contributed by atoms with van der Waals surface area (Å²) in [5, 5.41) is 13.6. The van der Waals surface area contributed by atoms with Gasteiger partial charge in [0.05, 0.1) is 17.8 Å². The van der Waals surface area contributed by atoms with Crippen molar-refractivity contribution in [3.05, 3.63) is 42.2 Å². The van der Waals surface area contributed by atoms with Crippen LogP contribution in [0.4, 0.5) is 5.69 Å². The number of carbonyl (C=O) groups is 1. The highest BCUT2D eigenvalue weighted by Crippen LogP contribution is 2.16. The molecule has 0 saturated carbocycles. The van der Waals surface area contributed by atoms with Crippen LogP contribution in [-0.4, -0.2) is 44.9 Å².